The third kappa shape index (κ3) is 6.77. The van der Waals surface area contributed by atoms with Gasteiger partial charge in [0.1, 0.15) is 11.9 Å². The molecule has 2 aromatic carbocycles. The van der Waals surface area contributed by atoms with E-state index in [0.717, 1.165) is 99.7 Å². The minimum absolute atomic E-state index is 0.0179. The number of carbonyl (C=O) groups is 3. The van der Waals surface area contributed by atoms with Crippen molar-refractivity contribution in [3.05, 3.63) is 89.4 Å². The third-order valence-corrected chi connectivity index (χ3v) is 20.6. The highest BCUT2D eigenvalue weighted by molar-refractivity contribution is 6.02. The highest BCUT2D eigenvalue weighted by Gasteiger charge is 2.70. The summed E-state index contributed by atoms with van der Waals surface area (Å²) in [4.78, 5) is 53.6. The molecule has 1 aliphatic heterocycles. The molecule has 348 valence electrons. The first-order valence-electron chi connectivity index (χ1n) is 25.6. The number of hydrogen-bond acceptors (Lipinski definition) is 5. The Bertz CT molecular complexity index is 2370. The van der Waals surface area contributed by atoms with E-state index in [1.54, 1.807) is 0 Å². The number of hydrogen-bond donors (Lipinski definition) is 2. The summed E-state index contributed by atoms with van der Waals surface area (Å²) >= 11 is 0. The molecular formula is C57H76N4O4. The topological polar surface area (TPSA) is 104 Å². The van der Waals surface area contributed by atoms with Gasteiger partial charge in [-0.05, 0) is 151 Å². The van der Waals surface area contributed by atoms with Crippen LogP contribution >= 0.6 is 0 Å². The van der Waals surface area contributed by atoms with Crippen LogP contribution in [0, 0.1) is 62.6 Å². The van der Waals surface area contributed by atoms with Gasteiger partial charge in [-0.1, -0.05) is 123 Å². The Labute approximate surface area is 388 Å². The Morgan fingerprint density at radius 3 is 2.26 bits per heavy atom. The van der Waals surface area contributed by atoms with Gasteiger partial charge in [0, 0.05) is 18.4 Å². The number of allylic oxidation sites excluding steroid dienone is 1. The Hall–Kier alpha value is -4.20. The molecule has 1 aromatic heterocycles. The number of ether oxygens (including phenoxy) is 1. The molecule has 11 atom stereocenters. The number of fused-ring (bicyclic) bond motifs is 7. The van der Waals surface area contributed by atoms with Crippen molar-refractivity contribution in [3.63, 3.8) is 0 Å². The van der Waals surface area contributed by atoms with Crippen LogP contribution in [0.5, 0.6) is 0 Å². The predicted molar refractivity (Wildman–Crippen MR) is 256 cm³/mol. The molecule has 2 N–H and O–H groups in total. The zero-order valence-corrected chi connectivity index (χ0v) is 40.9. The number of benzene rings is 2. The molecule has 5 saturated carbocycles. The van der Waals surface area contributed by atoms with E-state index in [9.17, 15) is 14.4 Å². The summed E-state index contributed by atoms with van der Waals surface area (Å²) in [6.07, 6.45) is 14.0. The first-order chi connectivity index (χ1) is 30.8. The lowest BCUT2D eigenvalue weighted by molar-refractivity contribution is -0.235. The quantitative estimate of drug-likeness (QED) is 0.219. The van der Waals surface area contributed by atoms with E-state index in [1.807, 2.05) is 29.3 Å². The summed E-state index contributed by atoms with van der Waals surface area (Å²) in [7, 11) is 0. The van der Waals surface area contributed by atoms with E-state index in [4.69, 9.17) is 9.72 Å². The van der Waals surface area contributed by atoms with Crippen LogP contribution in [-0.2, 0) is 20.7 Å². The van der Waals surface area contributed by atoms with E-state index in [2.05, 4.69) is 115 Å². The van der Waals surface area contributed by atoms with Gasteiger partial charge in [-0.3, -0.25) is 9.59 Å². The second-order valence-corrected chi connectivity index (χ2v) is 24.4. The van der Waals surface area contributed by atoms with Gasteiger partial charge in [-0.2, -0.15) is 0 Å². The van der Waals surface area contributed by atoms with Gasteiger partial charge in [0.25, 0.3) is 0 Å². The normalized spacial score (nSPS) is 38.0. The Morgan fingerprint density at radius 2 is 1.55 bits per heavy atom. The third-order valence-electron chi connectivity index (χ3n) is 20.6. The van der Waals surface area contributed by atoms with Crippen molar-refractivity contribution in [2.24, 2.45) is 62.6 Å². The zero-order valence-electron chi connectivity index (χ0n) is 40.9. The maximum absolute atomic E-state index is 14.8. The molecule has 3 aromatic rings. The fourth-order valence-corrected chi connectivity index (χ4v) is 16.7. The minimum Gasteiger partial charge on any atom is -0.462 e. The SMILES string of the molecule is CC(C)C1=C2[C@H]3CC[C@@H]4[C@@]5(C)CC[C@H](OC(=O)[C@H]6C[C@@H](Cc7ccccc7)C6(C)C)C(C)(C)[C@@H]5CC[C@@]4(C)[C@]3(C)CC[C@@]2(NC(=O)N2CCC[C@H]2c2ncc(-c3ccccc3)[nH]2)CC1=O. The minimum atomic E-state index is -0.658. The van der Waals surface area contributed by atoms with Gasteiger partial charge >= 0.3 is 12.0 Å². The Kier molecular flexibility index (Phi) is 10.8. The van der Waals surface area contributed by atoms with Crippen LogP contribution in [0.15, 0.2) is 78.0 Å². The lowest BCUT2D eigenvalue weighted by atomic mass is 9.33. The lowest BCUT2D eigenvalue weighted by Crippen LogP contribution is -2.67. The van der Waals surface area contributed by atoms with Crippen molar-refractivity contribution in [2.45, 2.75) is 163 Å². The number of nitrogens with one attached hydrogen (secondary N) is 2. The lowest BCUT2D eigenvalue weighted by Gasteiger charge is -2.72. The van der Waals surface area contributed by atoms with Crippen LogP contribution in [0.1, 0.15) is 157 Å². The van der Waals surface area contributed by atoms with Gasteiger partial charge < -0.3 is 19.9 Å². The van der Waals surface area contributed by atoms with Crippen molar-refractivity contribution < 1.29 is 19.1 Å². The zero-order chi connectivity index (χ0) is 45.9. The van der Waals surface area contributed by atoms with E-state index >= 15 is 0 Å². The maximum Gasteiger partial charge on any atom is 0.318 e. The molecule has 6 fully saturated rings. The van der Waals surface area contributed by atoms with Gasteiger partial charge in [0.15, 0.2) is 5.78 Å². The summed E-state index contributed by atoms with van der Waals surface area (Å²) in [5.41, 5.74) is 4.93. The van der Waals surface area contributed by atoms with Crippen molar-refractivity contribution in [1.82, 2.24) is 20.2 Å². The number of aromatic amines is 1. The van der Waals surface area contributed by atoms with Crippen molar-refractivity contribution >= 4 is 17.8 Å². The number of aromatic nitrogens is 2. The Balaban J connectivity index is 0.869. The number of Topliss-reactive ketones (excluding diaryl/α,β-unsaturated/α-hetero) is 1. The monoisotopic (exact) mass is 881 g/mol. The van der Waals surface area contributed by atoms with Gasteiger partial charge in [-0.15, -0.1) is 0 Å². The molecule has 6 aliphatic carbocycles. The number of H-pyrrole nitrogens is 1. The molecular weight excluding hydrogens is 805 g/mol. The molecule has 0 spiro atoms. The second kappa shape index (κ2) is 15.7. The van der Waals surface area contributed by atoms with E-state index in [0.29, 0.717) is 30.7 Å². The number of imidazole rings is 1. The molecule has 1 saturated heterocycles. The smallest absolute Gasteiger partial charge is 0.318 e. The fourth-order valence-electron chi connectivity index (χ4n) is 16.7. The molecule has 0 unspecified atom stereocenters. The number of ketones is 1. The summed E-state index contributed by atoms with van der Waals surface area (Å²) < 4.78 is 6.71. The standard InChI is InChI=1S/C57H76N4O4/c1-35(2)47-43(62)33-57(60-51(64)61-30-16-21-42(61)49-58-34-41(59-49)37-19-14-11-15-20-37)29-28-55(8)39(48(47)57)22-23-45-54(7)26-25-46(53(5,6)44(54)24-27-56(45,55)9)65-50(63)40-32-38(52(40,3)4)31-36-17-12-10-13-18-36/h10-15,17-20,34-35,38-40,42,44-46H,16,21-33H2,1-9H3,(H,58,59)(H,60,64)/t38-,39-,40-,42+,44+,45-,46+,54+,55-,56-,57-/m1/s1. The summed E-state index contributed by atoms with van der Waals surface area (Å²) in [6, 6.07) is 20.7. The van der Waals surface area contributed by atoms with E-state index in [1.165, 1.54) is 11.1 Å². The number of likely N-dealkylation sites (tertiary alicyclic amines) is 1. The molecule has 2 heterocycles. The molecule has 8 nitrogen and oxygen atoms in total. The average Bonchev–Trinajstić information content (AvgIpc) is 4.02. The number of rotatable bonds is 8. The highest BCUT2D eigenvalue weighted by Crippen LogP contribution is 2.76. The molecule has 10 rings (SSSR count). The number of carbonyl (C=O) groups excluding carboxylic acids is 3. The van der Waals surface area contributed by atoms with Gasteiger partial charge in [-0.25, -0.2) is 9.78 Å². The molecule has 7 aliphatic rings. The molecule has 8 heteroatoms. The van der Waals surface area contributed by atoms with Crippen molar-refractivity contribution in [3.8, 4) is 11.3 Å². The molecule has 65 heavy (non-hydrogen) atoms. The molecule has 0 bridgehead atoms. The van der Waals surface area contributed by atoms with E-state index in [-0.39, 0.29) is 74.8 Å². The van der Waals surface area contributed by atoms with Crippen molar-refractivity contribution in [1.29, 1.82) is 0 Å². The number of esters is 1. The number of amides is 2. The average molecular weight is 881 g/mol. The largest absolute Gasteiger partial charge is 0.462 e. The molecule has 0 radical (unpaired) electrons. The van der Waals surface area contributed by atoms with Gasteiger partial charge in [0.05, 0.1) is 29.4 Å². The molecule has 2 amide bonds. The summed E-state index contributed by atoms with van der Waals surface area (Å²) in [5, 5.41) is 3.67. The summed E-state index contributed by atoms with van der Waals surface area (Å²) in [6.45, 7) is 22.2. The highest BCUT2D eigenvalue weighted by atomic mass is 16.5. The second-order valence-electron chi connectivity index (χ2n) is 24.4. The maximum atomic E-state index is 14.8. The van der Waals surface area contributed by atoms with Crippen LogP contribution < -0.4 is 5.32 Å². The van der Waals surface area contributed by atoms with Crippen molar-refractivity contribution in [2.75, 3.05) is 6.54 Å². The van der Waals surface area contributed by atoms with Crippen LogP contribution in [0.3, 0.4) is 0 Å². The van der Waals surface area contributed by atoms with Crippen LogP contribution in [0.4, 0.5) is 4.79 Å². The van der Waals surface area contributed by atoms with Gasteiger partial charge in [0.2, 0.25) is 0 Å². The number of nitrogens with zero attached hydrogens (tertiary/aromatic N) is 2. The fraction of sp³-hybridized carbons (Fsp3) is 0.649. The van der Waals surface area contributed by atoms with Crippen LogP contribution in [0.25, 0.3) is 11.3 Å². The summed E-state index contributed by atoms with van der Waals surface area (Å²) in [5.74, 6) is 2.80. The predicted octanol–water partition coefficient (Wildman–Crippen LogP) is 12.5. The number of urea groups is 1. The van der Waals surface area contributed by atoms with E-state index < -0.39 is 5.54 Å². The first kappa shape index (κ1) is 44.6. The first-order valence-corrected chi connectivity index (χ1v) is 25.6. The van der Waals surface area contributed by atoms with Crippen LogP contribution in [0.2, 0.25) is 0 Å². The van der Waals surface area contributed by atoms with Crippen LogP contribution in [-0.4, -0.2) is 50.8 Å². The Morgan fingerprint density at radius 1 is 0.831 bits per heavy atom.